The topological polar surface area (TPSA) is 64.8 Å². The van der Waals surface area contributed by atoms with Gasteiger partial charge in [0.25, 0.3) is 5.91 Å². The van der Waals surface area contributed by atoms with E-state index in [1.165, 1.54) is 0 Å². The minimum Gasteiger partial charge on any atom is -0.495 e. The molecule has 1 aliphatic rings. The lowest BCUT2D eigenvalue weighted by atomic mass is 10.1. The Labute approximate surface area is 106 Å². The molecule has 0 saturated carbocycles. The molecule has 1 aromatic carbocycles. The van der Waals surface area contributed by atoms with Crippen molar-refractivity contribution in [2.75, 3.05) is 39.1 Å². The molecule has 18 heavy (non-hydrogen) atoms. The zero-order valence-corrected chi connectivity index (χ0v) is 10.5. The number of ether oxygens (including phenoxy) is 2. The summed E-state index contributed by atoms with van der Waals surface area (Å²) in [6, 6.07) is 5.25. The van der Waals surface area contributed by atoms with Crippen LogP contribution in [0, 0.1) is 0 Å². The molecule has 5 nitrogen and oxygen atoms in total. The van der Waals surface area contributed by atoms with Crippen molar-refractivity contribution < 1.29 is 14.3 Å². The predicted molar refractivity (Wildman–Crippen MR) is 68.7 cm³/mol. The normalized spacial score (nSPS) is 16.2. The summed E-state index contributed by atoms with van der Waals surface area (Å²) in [4.78, 5) is 14.2. The molecule has 0 aliphatic carbocycles. The summed E-state index contributed by atoms with van der Waals surface area (Å²) in [6.45, 7) is 2.60. The van der Waals surface area contributed by atoms with E-state index < -0.39 is 0 Å². The summed E-state index contributed by atoms with van der Waals surface area (Å²) in [5, 5.41) is 0. The van der Waals surface area contributed by atoms with Gasteiger partial charge in [0.1, 0.15) is 5.75 Å². The van der Waals surface area contributed by atoms with Gasteiger partial charge in [-0.3, -0.25) is 4.79 Å². The molecule has 0 bridgehead atoms. The fourth-order valence-corrected chi connectivity index (χ4v) is 2.03. The largest absolute Gasteiger partial charge is 0.495 e. The molecule has 0 spiro atoms. The van der Waals surface area contributed by atoms with Crippen LogP contribution in [0.1, 0.15) is 16.8 Å². The second-order valence-electron chi connectivity index (χ2n) is 4.18. The lowest BCUT2D eigenvalue weighted by molar-refractivity contribution is 0.0742. The van der Waals surface area contributed by atoms with Crippen LogP contribution < -0.4 is 10.5 Å². The number of hydrogen-bond acceptors (Lipinski definition) is 4. The quantitative estimate of drug-likeness (QED) is 0.799. The minimum absolute atomic E-state index is 0.0584. The number of carbonyl (C=O) groups excluding carboxylic acids is 1. The van der Waals surface area contributed by atoms with Gasteiger partial charge < -0.3 is 20.1 Å². The van der Waals surface area contributed by atoms with Crippen molar-refractivity contribution in [2.24, 2.45) is 0 Å². The van der Waals surface area contributed by atoms with Crippen molar-refractivity contribution in [3.05, 3.63) is 23.8 Å². The molecule has 2 N–H and O–H groups in total. The maximum absolute atomic E-state index is 12.4. The van der Waals surface area contributed by atoms with Gasteiger partial charge in [-0.2, -0.15) is 0 Å². The molecule has 0 aromatic heterocycles. The summed E-state index contributed by atoms with van der Waals surface area (Å²) in [5.41, 5.74) is 6.83. The van der Waals surface area contributed by atoms with E-state index in [1.54, 1.807) is 30.2 Å². The number of rotatable bonds is 2. The maximum atomic E-state index is 12.4. The van der Waals surface area contributed by atoms with Crippen LogP contribution in [0.5, 0.6) is 5.75 Å². The van der Waals surface area contributed by atoms with Gasteiger partial charge in [-0.15, -0.1) is 0 Å². The molecular weight excluding hydrogens is 232 g/mol. The molecule has 0 radical (unpaired) electrons. The first-order chi connectivity index (χ1) is 8.74. The van der Waals surface area contributed by atoms with Crippen LogP contribution in [-0.2, 0) is 4.74 Å². The molecule has 0 unspecified atom stereocenters. The highest BCUT2D eigenvalue weighted by Gasteiger charge is 2.20. The number of hydrogen-bond donors (Lipinski definition) is 1. The summed E-state index contributed by atoms with van der Waals surface area (Å²) >= 11 is 0. The molecule has 1 aliphatic heterocycles. The molecule has 1 fully saturated rings. The fourth-order valence-electron chi connectivity index (χ4n) is 2.03. The Morgan fingerprint density at radius 2 is 2.22 bits per heavy atom. The number of nitrogen functional groups attached to an aromatic ring is 1. The van der Waals surface area contributed by atoms with Gasteiger partial charge >= 0.3 is 0 Å². The zero-order chi connectivity index (χ0) is 13.0. The van der Waals surface area contributed by atoms with E-state index in [2.05, 4.69) is 0 Å². The lowest BCUT2D eigenvalue weighted by Crippen LogP contribution is -2.33. The maximum Gasteiger partial charge on any atom is 0.256 e. The molecule has 2 rings (SSSR count). The van der Waals surface area contributed by atoms with E-state index in [4.69, 9.17) is 15.2 Å². The van der Waals surface area contributed by atoms with Gasteiger partial charge in [-0.05, 0) is 18.6 Å². The average Bonchev–Trinajstić information content (AvgIpc) is 2.67. The van der Waals surface area contributed by atoms with Crippen LogP contribution in [0.4, 0.5) is 5.69 Å². The van der Waals surface area contributed by atoms with Crippen LogP contribution in [-0.4, -0.2) is 44.2 Å². The zero-order valence-electron chi connectivity index (χ0n) is 10.5. The molecular formula is C13H18N2O3. The number of carbonyl (C=O) groups is 1. The predicted octanol–water partition coefficient (Wildman–Crippen LogP) is 1.14. The van der Waals surface area contributed by atoms with E-state index in [1.807, 2.05) is 0 Å². The highest BCUT2D eigenvalue weighted by molar-refractivity contribution is 6.00. The summed E-state index contributed by atoms with van der Waals surface area (Å²) in [5.74, 6) is 0.476. The van der Waals surface area contributed by atoms with Crippen molar-refractivity contribution in [1.29, 1.82) is 0 Å². The fraction of sp³-hybridized carbons (Fsp3) is 0.462. The van der Waals surface area contributed by atoms with Crippen LogP contribution >= 0.6 is 0 Å². The van der Waals surface area contributed by atoms with Crippen molar-refractivity contribution in [1.82, 2.24) is 4.90 Å². The molecule has 1 saturated heterocycles. The van der Waals surface area contributed by atoms with Gasteiger partial charge in [0.2, 0.25) is 0 Å². The van der Waals surface area contributed by atoms with Crippen LogP contribution in [0.25, 0.3) is 0 Å². The lowest BCUT2D eigenvalue weighted by Gasteiger charge is -2.21. The number of para-hydroxylation sites is 1. The molecule has 0 atom stereocenters. The number of nitrogens with zero attached hydrogens (tertiary/aromatic N) is 1. The standard InChI is InChI=1S/C13H18N2O3/c1-17-11-5-2-4-10(12(11)14)13(16)15-6-3-8-18-9-7-15/h2,4-5H,3,6-9,14H2,1H3. The highest BCUT2D eigenvalue weighted by Crippen LogP contribution is 2.26. The summed E-state index contributed by atoms with van der Waals surface area (Å²) < 4.78 is 10.5. The van der Waals surface area contributed by atoms with E-state index in [0.717, 1.165) is 6.42 Å². The minimum atomic E-state index is -0.0584. The first-order valence-corrected chi connectivity index (χ1v) is 6.03. The Morgan fingerprint density at radius 1 is 1.39 bits per heavy atom. The monoisotopic (exact) mass is 250 g/mol. The van der Waals surface area contributed by atoms with Crippen molar-refractivity contribution in [3.63, 3.8) is 0 Å². The van der Waals surface area contributed by atoms with E-state index in [-0.39, 0.29) is 5.91 Å². The van der Waals surface area contributed by atoms with Crippen LogP contribution in [0.15, 0.2) is 18.2 Å². The van der Waals surface area contributed by atoms with Gasteiger partial charge in [0, 0.05) is 19.7 Å². The number of amides is 1. The molecule has 1 heterocycles. The third-order valence-corrected chi connectivity index (χ3v) is 3.03. The number of nitrogens with two attached hydrogens (primary N) is 1. The van der Waals surface area contributed by atoms with Gasteiger partial charge in [-0.25, -0.2) is 0 Å². The van der Waals surface area contributed by atoms with Crippen LogP contribution in [0.3, 0.4) is 0 Å². The van der Waals surface area contributed by atoms with E-state index >= 15 is 0 Å². The average molecular weight is 250 g/mol. The summed E-state index contributed by atoms with van der Waals surface area (Å²) in [7, 11) is 1.54. The summed E-state index contributed by atoms with van der Waals surface area (Å²) in [6.07, 6.45) is 0.857. The third-order valence-electron chi connectivity index (χ3n) is 3.03. The Kier molecular flexibility index (Phi) is 4.04. The number of anilines is 1. The van der Waals surface area contributed by atoms with Crippen molar-refractivity contribution in [2.45, 2.75) is 6.42 Å². The third kappa shape index (κ3) is 2.56. The number of methoxy groups -OCH3 is 1. The van der Waals surface area contributed by atoms with Crippen molar-refractivity contribution in [3.8, 4) is 5.75 Å². The Bertz CT molecular complexity index is 426. The molecule has 1 amide bonds. The van der Waals surface area contributed by atoms with Gasteiger partial charge in [0.15, 0.2) is 0 Å². The number of benzene rings is 1. The molecule has 1 aromatic rings. The second kappa shape index (κ2) is 5.73. The second-order valence-corrected chi connectivity index (χ2v) is 4.18. The molecule has 5 heteroatoms. The molecule has 98 valence electrons. The SMILES string of the molecule is COc1cccc(C(=O)N2CCCOCC2)c1N. The Balaban J connectivity index is 2.22. The first kappa shape index (κ1) is 12.7. The van der Waals surface area contributed by atoms with Crippen LogP contribution in [0.2, 0.25) is 0 Å². The van der Waals surface area contributed by atoms with E-state index in [0.29, 0.717) is 43.3 Å². The smallest absolute Gasteiger partial charge is 0.256 e. The Hall–Kier alpha value is -1.75. The Morgan fingerprint density at radius 3 is 3.00 bits per heavy atom. The van der Waals surface area contributed by atoms with Gasteiger partial charge in [0.05, 0.1) is 25.0 Å². The van der Waals surface area contributed by atoms with Crippen molar-refractivity contribution >= 4 is 11.6 Å². The highest BCUT2D eigenvalue weighted by atomic mass is 16.5. The van der Waals surface area contributed by atoms with E-state index in [9.17, 15) is 4.79 Å². The van der Waals surface area contributed by atoms with Gasteiger partial charge in [-0.1, -0.05) is 6.07 Å². The first-order valence-electron chi connectivity index (χ1n) is 6.03.